The van der Waals surface area contributed by atoms with E-state index in [1.165, 1.54) is 31.2 Å². The lowest BCUT2D eigenvalue weighted by Crippen LogP contribution is -2.46. The number of hydrogen-bond acceptors (Lipinski definition) is 4. The van der Waals surface area contributed by atoms with E-state index in [0.29, 0.717) is 6.61 Å². The van der Waals surface area contributed by atoms with Crippen molar-refractivity contribution in [3.05, 3.63) is 60.2 Å². The van der Waals surface area contributed by atoms with Crippen molar-refractivity contribution in [2.45, 2.75) is 50.4 Å². The molecule has 0 aromatic heterocycles. The normalized spacial score (nSPS) is 28.6. The largest absolute Gasteiger partial charge is 0.486 e. The lowest BCUT2D eigenvalue weighted by molar-refractivity contribution is 0.0469. The van der Waals surface area contributed by atoms with Crippen LogP contribution in [0, 0.1) is 5.92 Å². The summed E-state index contributed by atoms with van der Waals surface area (Å²) < 4.78 is 12.0. The molecule has 154 valence electrons. The number of benzene rings is 2. The van der Waals surface area contributed by atoms with Gasteiger partial charge in [-0.3, -0.25) is 4.90 Å². The molecule has 3 unspecified atom stereocenters. The molecule has 0 amide bonds. The highest BCUT2D eigenvalue weighted by Crippen LogP contribution is 2.40. The average molecular weight is 393 g/mol. The van der Waals surface area contributed by atoms with Gasteiger partial charge in [0.05, 0.1) is 0 Å². The Bertz CT molecular complexity index is 797. The Balaban J connectivity index is 1.13. The van der Waals surface area contributed by atoms with Gasteiger partial charge >= 0.3 is 0 Å². The van der Waals surface area contributed by atoms with Crippen LogP contribution in [0.15, 0.2) is 54.6 Å². The predicted molar refractivity (Wildman–Crippen MR) is 115 cm³/mol. The highest BCUT2D eigenvalue weighted by Gasteiger charge is 2.40. The fraction of sp³-hybridized carbons (Fsp3) is 0.520. The van der Waals surface area contributed by atoms with Crippen LogP contribution in [0.2, 0.25) is 0 Å². The molecule has 3 aliphatic heterocycles. The van der Waals surface area contributed by atoms with Crippen LogP contribution < -0.4 is 9.47 Å². The zero-order chi connectivity index (χ0) is 19.6. The van der Waals surface area contributed by atoms with E-state index >= 15 is 0 Å². The van der Waals surface area contributed by atoms with Gasteiger partial charge in [0.2, 0.25) is 0 Å². The predicted octanol–water partition coefficient (Wildman–Crippen LogP) is 4.20. The summed E-state index contributed by atoms with van der Waals surface area (Å²) in [5.74, 6) is 2.54. The fourth-order valence-corrected chi connectivity index (χ4v) is 5.60. The summed E-state index contributed by atoms with van der Waals surface area (Å²) >= 11 is 0. The topological polar surface area (TPSA) is 24.9 Å². The molecule has 29 heavy (non-hydrogen) atoms. The van der Waals surface area contributed by atoms with Crippen LogP contribution >= 0.6 is 0 Å². The molecule has 2 fully saturated rings. The first-order valence-electron chi connectivity index (χ1n) is 11.1. The third kappa shape index (κ3) is 4.29. The van der Waals surface area contributed by atoms with Gasteiger partial charge in [0.15, 0.2) is 11.5 Å². The summed E-state index contributed by atoms with van der Waals surface area (Å²) in [5.41, 5.74) is 1.45. The quantitative estimate of drug-likeness (QED) is 0.736. The second kappa shape index (κ2) is 8.37. The van der Waals surface area contributed by atoms with E-state index in [9.17, 15) is 0 Å². The van der Waals surface area contributed by atoms with Crippen molar-refractivity contribution in [2.75, 3.05) is 26.7 Å². The minimum Gasteiger partial charge on any atom is -0.486 e. The molecule has 0 spiro atoms. The van der Waals surface area contributed by atoms with Gasteiger partial charge in [0.25, 0.3) is 0 Å². The lowest BCUT2D eigenvalue weighted by atomic mass is 9.89. The molecular weight excluding hydrogens is 360 g/mol. The van der Waals surface area contributed by atoms with Crippen molar-refractivity contribution < 1.29 is 9.47 Å². The SMILES string of the molecule is CN(CC1CC2CCC(C1)N2Cc1ccccc1)CC1COc2ccccc2O1. The van der Waals surface area contributed by atoms with E-state index in [2.05, 4.69) is 47.2 Å². The van der Waals surface area contributed by atoms with E-state index in [4.69, 9.17) is 9.47 Å². The lowest BCUT2D eigenvalue weighted by Gasteiger charge is -2.40. The number of hydrogen-bond donors (Lipinski definition) is 0. The minimum atomic E-state index is 0.116. The number of nitrogens with zero attached hydrogens (tertiary/aromatic N) is 2. The maximum Gasteiger partial charge on any atom is 0.161 e. The number of fused-ring (bicyclic) bond motifs is 3. The van der Waals surface area contributed by atoms with E-state index in [1.807, 2.05) is 24.3 Å². The van der Waals surface area contributed by atoms with Crippen molar-refractivity contribution in [3.63, 3.8) is 0 Å². The van der Waals surface area contributed by atoms with Crippen molar-refractivity contribution >= 4 is 0 Å². The smallest absolute Gasteiger partial charge is 0.161 e. The molecule has 2 saturated heterocycles. The number of rotatable bonds is 6. The highest BCUT2D eigenvalue weighted by atomic mass is 16.6. The van der Waals surface area contributed by atoms with Crippen LogP contribution in [0.3, 0.4) is 0 Å². The summed E-state index contributed by atoms with van der Waals surface area (Å²) in [4.78, 5) is 5.24. The maximum absolute atomic E-state index is 6.15. The molecule has 4 heteroatoms. The molecule has 2 bridgehead atoms. The summed E-state index contributed by atoms with van der Waals surface area (Å²) in [6.07, 6.45) is 5.52. The molecule has 0 saturated carbocycles. The van der Waals surface area contributed by atoms with Gasteiger partial charge < -0.3 is 14.4 Å². The second-order valence-corrected chi connectivity index (χ2v) is 9.10. The second-order valence-electron chi connectivity index (χ2n) is 9.10. The number of piperidine rings is 1. The first kappa shape index (κ1) is 19.0. The molecule has 0 aliphatic carbocycles. The van der Waals surface area contributed by atoms with Crippen LogP contribution in [0.25, 0.3) is 0 Å². The van der Waals surface area contributed by atoms with E-state index in [1.54, 1.807) is 0 Å². The third-order valence-electron chi connectivity index (χ3n) is 6.84. The van der Waals surface area contributed by atoms with Crippen LogP contribution in [-0.2, 0) is 6.54 Å². The van der Waals surface area contributed by atoms with Crippen molar-refractivity contribution in [1.82, 2.24) is 9.80 Å². The Morgan fingerprint density at radius 3 is 2.34 bits per heavy atom. The Hall–Kier alpha value is -2.04. The van der Waals surface area contributed by atoms with Gasteiger partial charge in [-0.15, -0.1) is 0 Å². The van der Waals surface area contributed by atoms with Crippen molar-refractivity contribution in [3.8, 4) is 11.5 Å². The monoisotopic (exact) mass is 392 g/mol. The molecule has 4 nitrogen and oxygen atoms in total. The number of likely N-dealkylation sites (N-methyl/N-ethyl adjacent to an activating group) is 1. The molecule has 3 aliphatic rings. The number of para-hydroxylation sites is 2. The first-order chi connectivity index (χ1) is 14.2. The van der Waals surface area contributed by atoms with Crippen LogP contribution in [0.4, 0.5) is 0 Å². The summed E-state index contributed by atoms with van der Waals surface area (Å²) in [7, 11) is 2.24. The molecule has 5 rings (SSSR count). The van der Waals surface area contributed by atoms with Gasteiger partial charge in [0.1, 0.15) is 12.7 Å². The Kier molecular flexibility index (Phi) is 5.47. The average Bonchev–Trinajstić information content (AvgIpc) is 2.96. The van der Waals surface area contributed by atoms with Crippen LogP contribution in [0.5, 0.6) is 11.5 Å². The van der Waals surface area contributed by atoms with Gasteiger partial charge in [-0.25, -0.2) is 0 Å². The van der Waals surface area contributed by atoms with Crippen LogP contribution in [0.1, 0.15) is 31.2 Å². The Labute approximate surface area is 174 Å². The molecule has 0 radical (unpaired) electrons. The summed E-state index contributed by atoms with van der Waals surface area (Å²) in [6.45, 7) is 3.84. The van der Waals surface area contributed by atoms with Gasteiger partial charge in [-0.05, 0) is 56.3 Å². The Morgan fingerprint density at radius 1 is 0.897 bits per heavy atom. The minimum absolute atomic E-state index is 0.116. The van der Waals surface area contributed by atoms with E-state index in [0.717, 1.165) is 49.1 Å². The van der Waals surface area contributed by atoms with Gasteiger partial charge in [-0.1, -0.05) is 42.5 Å². The zero-order valence-electron chi connectivity index (χ0n) is 17.4. The Morgan fingerprint density at radius 2 is 1.59 bits per heavy atom. The first-order valence-corrected chi connectivity index (χ1v) is 11.1. The zero-order valence-corrected chi connectivity index (χ0v) is 17.4. The molecular formula is C25H32N2O2. The molecule has 0 N–H and O–H groups in total. The van der Waals surface area contributed by atoms with Crippen LogP contribution in [-0.4, -0.2) is 54.7 Å². The molecule has 3 heterocycles. The standard InChI is InChI=1S/C25H32N2O2/c1-26(17-23-18-28-24-9-5-6-10-25(24)29-23)15-20-13-21-11-12-22(14-20)27(21)16-19-7-3-2-4-8-19/h2-10,20-23H,11-18H2,1H3. The van der Waals surface area contributed by atoms with Gasteiger partial charge in [-0.2, -0.15) is 0 Å². The van der Waals surface area contributed by atoms with E-state index in [-0.39, 0.29) is 6.10 Å². The maximum atomic E-state index is 6.15. The molecule has 3 atom stereocenters. The summed E-state index contributed by atoms with van der Waals surface area (Å²) in [5, 5.41) is 0. The number of ether oxygens (including phenoxy) is 2. The van der Waals surface area contributed by atoms with Gasteiger partial charge in [0, 0.05) is 31.7 Å². The fourth-order valence-electron chi connectivity index (χ4n) is 5.60. The highest BCUT2D eigenvalue weighted by molar-refractivity contribution is 5.40. The molecule has 2 aromatic carbocycles. The third-order valence-corrected chi connectivity index (χ3v) is 6.84. The summed E-state index contributed by atoms with van der Waals surface area (Å²) in [6, 6.07) is 20.5. The van der Waals surface area contributed by atoms with E-state index < -0.39 is 0 Å². The molecule has 2 aromatic rings. The van der Waals surface area contributed by atoms with Crippen molar-refractivity contribution in [1.29, 1.82) is 0 Å². The van der Waals surface area contributed by atoms with Crippen molar-refractivity contribution in [2.24, 2.45) is 5.92 Å².